The van der Waals surface area contributed by atoms with Gasteiger partial charge in [-0.3, -0.25) is 9.59 Å². The SMILES string of the molecule is O=C(CC1C(=O)C(NC(=O)c2cc3cc(Cl)ccc3[nH]2)Cc2ccccc21)On1c(O)ccc1O. The van der Waals surface area contributed by atoms with Gasteiger partial charge >= 0.3 is 5.97 Å². The van der Waals surface area contributed by atoms with Crippen LogP contribution < -0.4 is 10.2 Å². The summed E-state index contributed by atoms with van der Waals surface area (Å²) in [5.41, 5.74) is 2.51. The molecular formula is C25H20ClN3O6. The fourth-order valence-corrected chi connectivity index (χ4v) is 4.55. The number of benzene rings is 2. The maximum absolute atomic E-state index is 13.4. The summed E-state index contributed by atoms with van der Waals surface area (Å²) in [6, 6.07) is 15.5. The molecule has 178 valence electrons. The molecule has 0 bridgehead atoms. The van der Waals surface area contributed by atoms with Crippen LogP contribution in [0, 0.1) is 0 Å². The van der Waals surface area contributed by atoms with Crippen molar-refractivity contribution in [2.45, 2.75) is 24.8 Å². The van der Waals surface area contributed by atoms with Gasteiger partial charge in [0.15, 0.2) is 5.78 Å². The van der Waals surface area contributed by atoms with E-state index in [0.29, 0.717) is 15.3 Å². The minimum absolute atomic E-state index is 0.275. The van der Waals surface area contributed by atoms with Crippen LogP contribution in [0.2, 0.25) is 5.02 Å². The van der Waals surface area contributed by atoms with Gasteiger partial charge in [-0.2, -0.15) is 0 Å². The second-order valence-corrected chi connectivity index (χ2v) is 8.75. The first-order valence-electron chi connectivity index (χ1n) is 10.8. The van der Waals surface area contributed by atoms with Crippen LogP contribution in [0.5, 0.6) is 11.8 Å². The van der Waals surface area contributed by atoms with E-state index in [1.807, 2.05) is 12.1 Å². The van der Waals surface area contributed by atoms with Gasteiger partial charge in [0.25, 0.3) is 5.91 Å². The summed E-state index contributed by atoms with van der Waals surface area (Å²) in [4.78, 5) is 47.0. The van der Waals surface area contributed by atoms with Crippen LogP contribution in [0.4, 0.5) is 0 Å². The number of carbonyl (C=O) groups is 3. The molecule has 2 atom stereocenters. The number of amides is 1. The number of hydrogen-bond acceptors (Lipinski definition) is 6. The second-order valence-electron chi connectivity index (χ2n) is 8.31. The van der Waals surface area contributed by atoms with Gasteiger partial charge in [-0.25, -0.2) is 4.79 Å². The van der Waals surface area contributed by atoms with Crippen LogP contribution in [0.15, 0.2) is 60.7 Å². The van der Waals surface area contributed by atoms with E-state index < -0.39 is 35.6 Å². The number of aromatic amines is 1. The number of H-pyrrole nitrogens is 1. The van der Waals surface area contributed by atoms with Crippen molar-refractivity contribution in [1.82, 2.24) is 15.0 Å². The molecule has 4 aromatic rings. The Hall–Kier alpha value is -4.24. The molecule has 0 saturated heterocycles. The average Bonchev–Trinajstić information content (AvgIpc) is 3.39. The van der Waals surface area contributed by atoms with E-state index in [4.69, 9.17) is 16.4 Å². The Kier molecular flexibility index (Phi) is 5.70. The number of aromatic nitrogens is 2. The molecule has 0 spiro atoms. The predicted octanol–water partition coefficient (Wildman–Crippen LogP) is 3.09. The largest absolute Gasteiger partial charge is 0.492 e. The third-order valence-corrected chi connectivity index (χ3v) is 6.27. The van der Waals surface area contributed by atoms with E-state index in [9.17, 15) is 24.6 Å². The second kappa shape index (κ2) is 8.84. The monoisotopic (exact) mass is 493 g/mol. The molecule has 0 radical (unpaired) electrons. The van der Waals surface area contributed by atoms with Crippen molar-refractivity contribution in [3.8, 4) is 11.8 Å². The molecule has 4 N–H and O–H groups in total. The van der Waals surface area contributed by atoms with Gasteiger partial charge in [-0.05, 0) is 35.4 Å². The zero-order valence-corrected chi connectivity index (χ0v) is 19.0. The Morgan fingerprint density at radius 3 is 2.60 bits per heavy atom. The Bertz CT molecular complexity index is 1450. The summed E-state index contributed by atoms with van der Waals surface area (Å²) in [5.74, 6) is -3.43. The zero-order chi connectivity index (χ0) is 24.7. The summed E-state index contributed by atoms with van der Waals surface area (Å²) in [6.07, 6.45) is -0.0678. The van der Waals surface area contributed by atoms with Crippen molar-refractivity contribution in [2.75, 3.05) is 0 Å². The van der Waals surface area contributed by atoms with E-state index >= 15 is 0 Å². The summed E-state index contributed by atoms with van der Waals surface area (Å²) in [5, 5.41) is 23.5. The Morgan fingerprint density at radius 1 is 1.09 bits per heavy atom. The van der Waals surface area contributed by atoms with Crippen LogP contribution in [-0.2, 0) is 16.0 Å². The van der Waals surface area contributed by atoms with E-state index in [1.165, 1.54) is 0 Å². The molecular weight excluding hydrogens is 474 g/mol. The first-order chi connectivity index (χ1) is 16.8. The average molecular weight is 494 g/mol. The first-order valence-corrected chi connectivity index (χ1v) is 11.2. The lowest BCUT2D eigenvalue weighted by Crippen LogP contribution is -2.47. The lowest BCUT2D eigenvalue weighted by Gasteiger charge is -2.30. The molecule has 9 nitrogen and oxygen atoms in total. The number of ketones is 1. The van der Waals surface area contributed by atoms with Gasteiger partial charge < -0.3 is 25.4 Å². The number of aromatic hydroxyl groups is 2. The Morgan fingerprint density at radius 2 is 1.83 bits per heavy atom. The zero-order valence-electron chi connectivity index (χ0n) is 18.2. The Balaban J connectivity index is 1.37. The summed E-state index contributed by atoms with van der Waals surface area (Å²) >= 11 is 6.02. The maximum atomic E-state index is 13.4. The number of nitrogens with one attached hydrogen (secondary N) is 2. The minimum Gasteiger partial charge on any atom is -0.492 e. The molecule has 0 saturated carbocycles. The molecule has 1 aliphatic rings. The van der Waals surface area contributed by atoms with Crippen LogP contribution in [0.25, 0.3) is 10.9 Å². The topological polar surface area (TPSA) is 134 Å². The molecule has 2 aromatic carbocycles. The van der Waals surface area contributed by atoms with Crippen LogP contribution in [0.3, 0.4) is 0 Å². The quantitative estimate of drug-likeness (QED) is 0.337. The molecule has 0 fully saturated rings. The molecule has 2 unspecified atom stereocenters. The lowest BCUT2D eigenvalue weighted by molar-refractivity contribution is -0.147. The lowest BCUT2D eigenvalue weighted by atomic mass is 9.77. The summed E-state index contributed by atoms with van der Waals surface area (Å²) < 4.78 is 0.572. The molecule has 0 aliphatic heterocycles. The number of rotatable bonds is 5. The number of hydrogen-bond donors (Lipinski definition) is 4. The summed E-state index contributed by atoms with van der Waals surface area (Å²) in [6.45, 7) is 0. The highest BCUT2D eigenvalue weighted by Gasteiger charge is 2.38. The van der Waals surface area contributed by atoms with Crippen molar-refractivity contribution >= 4 is 40.2 Å². The fourth-order valence-electron chi connectivity index (χ4n) is 4.37. The van der Waals surface area contributed by atoms with Crippen molar-refractivity contribution in [3.05, 3.63) is 82.5 Å². The van der Waals surface area contributed by atoms with Crippen molar-refractivity contribution in [1.29, 1.82) is 0 Å². The molecule has 1 aliphatic carbocycles. The van der Waals surface area contributed by atoms with Crippen LogP contribution in [0.1, 0.15) is 34.0 Å². The van der Waals surface area contributed by atoms with Crippen molar-refractivity contribution < 1.29 is 29.4 Å². The molecule has 2 heterocycles. The predicted molar refractivity (Wildman–Crippen MR) is 126 cm³/mol. The van der Waals surface area contributed by atoms with Gasteiger partial charge in [0, 0.05) is 34.5 Å². The number of Topliss-reactive ketones (excluding diaryl/α,β-unsaturated/α-hetero) is 1. The van der Waals surface area contributed by atoms with E-state index in [1.54, 1.807) is 36.4 Å². The molecule has 5 rings (SSSR count). The van der Waals surface area contributed by atoms with E-state index in [-0.39, 0.29) is 24.3 Å². The number of fused-ring (bicyclic) bond motifs is 2. The maximum Gasteiger partial charge on any atom is 0.334 e. The van der Waals surface area contributed by atoms with Gasteiger partial charge in [-0.1, -0.05) is 35.9 Å². The highest BCUT2D eigenvalue weighted by molar-refractivity contribution is 6.31. The van der Waals surface area contributed by atoms with Gasteiger partial charge in [0.05, 0.1) is 18.4 Å². The molecule has 1 amide bonds. The smallest absolute Gasteiger partial charge is 0.334 e. The van der Waals surface area contributed by atoms with Gasteiger partial charge in [0.2, 0.25) is 11.8 Å². The first kappa shape index (κ1) is 22.5. The number of halogens is 1. The minimum atomic E-state index is -0.876. The Labute approximate surface area is 203 Å². The molecule has 10 heteroatoms. The van der Waals surface area contributed by atoms with Gasteiger partial charge in [-0.15, -0.1) is 4.73 Å². The van der Waals surface area contributed by atoms with Gasteiger partial charge in [0.1, 0.15) is 5.69 Å². The van der Waals surface area contributed by atoms with Crippen LogP contribution in [-0.4, -0.2) is 43.6 Å². The number of carbonyl (C=O) groups excluding carboxylic acids is 3. The fraction of sp³-hybridized carbons (Fsp3) is 0.160. The standard InChI is InChI=1S/C25H20ClN3O6/c26-15-5-6-18-14(9-15)11-20(27-18)25(34)28-19-10-13-3-1-2-4-16(13)17(24(19)33)12-23(32)35-29-21(30)7-8-22(29)31/h1-9,11,17,19,27,30-31H,10,12H2,(H,28,34). The highest BCUT2D eigenvalue weighted by Crippen LogP contribution is 2.32. The summed E-state index contributed by atoms with van der Waals surface area (Å²) in [7, 11) is 0. The van der Waals surface area contributed by atoms with E-state index in [0.717, 1.165) is 28.6 Å². The number of nitrogens with zero attached hydrogens (tertiary/aromatic N) is 1. The van der Waals surface area contributed by atoms with Crippen molar-refractivity contribution in [2.24, 2.45) is 0 Å². The highest BCUT2D eigenvalue weighted by atomic mass is 35.5. The molecule has 35 heavy (non-hydrogen) atoms. The normalized spacial score (nSPS) is 17.2. The van der Waals surface area contributed by atoms with Crippen molar-refractivity contribution in [3.63, 3.8) is 0 Å². The van der Waals surface area contributed by atoms with E-state index in [2.05, 4.69) is 10.3 Å². The van der Waals surface area contributed by atoms with Crippen LogP contribution >= 0.6 is 11.6 Å². The third kappa shape index (κ3) is 4.33. The third-order valence-electron chi connectivity index (χ3n) is 6.04. The molecule has 2 aromatic heterocycles.